The highest BCUT2D eigenvalue weighted by atomic mass is 16.4. The van der Waals surface area contributed by atoms with Gasteiger partial charge in [0.15, 0.2) is 0 Å². The molecule has 21 heavy (non-hydrogen) atoms. The number of carboxylic acid groups (broad SMARTS) is 1. The van der Waals surface area contributed by atoms with E-state index >= 15 is 0 Å². The minimum atomic E-state index is -0.982. The average Bonchev–Trinajstić information content (AvgIpc) is 2.78. The number of carbonyl (C=O) groups excluding carboxylic acids is 1. The molecule has 4 aliphatic carbocycles. The van der Waals surface area contributed by atoms with Crippen LogP contribution >= 0.6 is 0 Å². The molecule has 1 heterocycles. The van der Waals surface area contributed by atoms with Crippen molar-refractivity contribution in [1.29, 1.82) is 0 Å². The maximum Gasteiger partial charge on any atom is 0.326 e. The first kappa shape index (κ1) is 13.6. The maximum atomic E-state index is 13.1. The number of amides is 1. The van der Waals surface area contributed by atoms with Crippen LogP contribution in [0.15, 0.2) is 0 Å². The Morgan fingerprint density at radius 2 is 1.48 bits per heavy atom. The summed E-state index contributed by atoms with van der Waals surface area (Å²) in [6, 6.07) is -0.833. The van der Waals surface area contributed by atoms with Crippen LogP contribution in [0.1, 0.15) is 44.9 Å². The molecule has 0 unspecified atom stereocenters. The lowest BCUT2D eigenvalue weighted by Gasteiger charge is -2.56. The van der Waals surface area contributed by atoms with Gasteiger partial charge in [-0.3, -0.25) is 4.79 Å². The van der Waals surface area contributed by atoms with Crippen LogP contribution in [0.2, 0.25) is 0 Å². The van der Waals surface area contributed by atoms with Gasteiger partial charge in [-0.05, 0) is 56.3 Å². The van der Waals surface area contributed by atoms with Crippen molar-refractivity contribution in [2.75, 3.05) is 6.54 Å². The molecule has 4 saturated carbocycles. The minimum absolute atomic E-state index is 0.0190. The van der Waals surface area contributed by atoms with Crippen LogP contribution in [0.5, 0.6) is 0 Å². The van der Waals surface area contributed by atoms with Crippen LogP contribution in [0.25, 0.3) is 0 Å². The Kier molecular flexibility index (Phi) is 2.87. The van der Waals surface area contributed by atoms with E-state index in [9.17, 15) is 19.8 Å². The second-order valence-electron chi connectivity index (χ2n) is 7.90. The molecule has 0 aromatic rings. The number of aliphatic carboxylic acids is 1. The number of aliphatic hydroxyl groups excluding tert-OH is 1. The summed E-state index contributed by atoms with van der Waals surface area (Å²) in [4.78, 5) is 26.0. The summed E-state index contributed by atoms with van der Waals surface area (Å²) in [5.41, 5.74) is -0.313. The molecule has 1 amide bonds. The molecule has 5 nitrogen and oxygen atoms in total. The first-order valence-electron chi connectivity index (χ1n) is 8.19. The van der Waals surface area contributed by atoms with E-state index in [2.05, 4.69) is 0 Å². The fourth-order valence-corrected chi connectivity index (χ4v) is 5.95. The van der Waals surface area contributed by atoms with Crippen LogP contribution in [0.4, 0.5) is 0 Å². The Morgan fingerprint density at radius 1 is 0.952 bits per heavy atom. The number of carbonyl (C=O) groups is 2. The third-order valence-electron chi connectivity index (χ3n) is 6.32. The van der Waals surface area contributed by atoms with Crippen molar-refractivity contribution in [3.05, 3.63) is 0 Å². The largest absolute Gasteiger partial charge is 0.480 e. The van der Waals surface area contributed by atoms with E-state index in [1.165, 1.54) is 24.2 Å². The van der Waals surface area contributed by atoms with Crippen LogP contribution in [0, 0.1) is 23.2 Å². The summed E-state index contributed by atoms with van der Waals surface area (Å²) < 4.78 is 0. The van der Waals surface area contributed by atoms with Gasteiger partial charge in [-0.25, -0.2) is 4.79 Å². The van der Waals surface area contributed by atoms with E-state index in [4.69, 9.17) is 0 Å². The summed E-state index contributed by atoms with van der Waals surface area (Å²) in [7, 11) is 0. The highest BCUT2D eigenvalue weighted by Crippen LogP contribution is 2.60. The molecular formula is C16H23NO4. The number of likely N-dealkylation sites (tertiary alicyclic amines) is 1. The van der Waals surface area contributed by atoms with Gasteiger partial charge in [0.05, 0.1) is 11.5 Å². The van der Waals surface area contributed by atoms with Gasteiger partial charge in [-0.2, -0.15) is 0 Å². The molecule has 1 saturated heterocycles. The number of β-amino-alcohol motifs (C(OH)–C–C–N with tert-alkyl or cyclic N) is 1. The summed E-state index contributed by atoms with van der Waals surface area (Å²) in [6.45, 7) is 0.192. The fourth-order valence-electron chi connectivity index (χ4n) is 5.95. The predicted octanol–water partition coefficient (Wildman–Crippen LogP) is 1.25. The topological polar surface area (TPSA) is 77.8 Å². The molecule has 0 aromatic carbocycles. The van der Waals surface area contributed by atoms with Crippen LogP contribution < -0.4 is 0 Å². The highest BCUT2D eigenvalue weighted by Gasteiger charge is 2.57. The lowest BCUT2D eigenvalue weighted by molar-refractivity contribution is -0.163. The van der Waals surface area contributed by atoms with Gasteiger partial charge in [0.25, 0.3) is 0 Å². The molecule has 0 spiro atoms. The lowest BCUT2D eigenvalue weighted by atomic mass is 9.49. The Balaban J connectivity index is 1.61. The number of aliphatic hydroxyl groups is 1. The molecule has 2 atom stereocenters. The molecular weight excluding hydrogens is 270 g/mol. The first-order valence-corrected chi connectivity index (χ1v) is 8.19. The van der Waals surface area contributed by atoms with Crippen molar-refractivity contribution in [2.45, 2.75) is 57.1 Å². The predicted molar refractivity (Wildman–Crippen MR) is 74.4 cm³/mol. The Labute approximate surface area is 124 Å². The molecule has 4 bridgehead atoms. The number of nitrogens with zero attached hydrogens (tertiary/aromatic N) is 1. The number of hydrogen-bond donors (Lipinski definition) is 2. The molecule has 2 N–H and O–H groups in total. The van der Waals surface area contributed by atoms with Crippen molar-refractivity contribution in [2.24, 2.45) is 23.2 Å². The minimum Gasteiger partial charge on any atom is -0.480 e. The van der Waals surface area contributed by atoms with Crippen molar-refractivity contribution < 1.29 is 19.8 Å². The molecule has 116 valence electrons. The number of carboxylic acids is 1. The zero-order chi connectivity index (χ0) is 14.8. The van der Waals surface area contributed by atoms with Crippen LogP contribution in [-0.2, 0) is 9.59 Å². The van der Waals surface area contributed by atoms with E-state index in [0.717, 1.165) is 19.3 Å². The normalized spacial score (nSPS) is 47.9. The third kappa shape index (κ3) is 2.00. The Morgan fingerprint density at radius 3 is 1.95 bits per heavy atom. The monoisotopic (exact) mass is 293 g/mol. The molecule has 0 radical (unpaired) electrons. The molecule has 5 fully saturated rings. The van der Waals surface area contributed by atoms with Gasteiger partial charge >= 0.3 is 5.97 Å². The second kappa shape index (κ2) is 4.45. The molecule has 0 aromatic heterocycles. The zero-order valence-electron chi connectivity index (χ0n) is 12.2. The Bertz CT molecular complexity index is 453. The molecule has 1 aliphatic heterocycles. The smallest absolute Gasteiger partial charge is 0.326 e. The van der Waals surface area contributed by atoms with Gasteiger partial charge in [0, 0.05) is 13.0 Å². The number of hydrogen-bond acceptors (Lipinski definition) is 3. The quantitative estimate of drug-likeness (QED) is 0.803. The highest BCUT2D eigenvalue weighted by molar-refractivity contribution is 5.88. The van der Waals surface area contributed by atoms with Gasteiger partial charge in [-0.15, -0.1) is 0 Å². The van der Waals surface area contributed by atoms with Gasteiger partial charge in [-0.1, -0.05) is 0 Å². The van der Waals surface area contributed by atoms with Crippen LogP contribution in [-0.4, -0.2) is 45.7 Å². The molecule has 5 rings (SSSR count). The molecule has 5 heteroatoms. The third-order valence-corrected chi connectivity index (χ3v) is 6.32. The van der Waals surface area contributed by atoms with E-state index in [1.807, 2.05) is 0 Å². The summed E-state index contributed by atoms with van der Waals surface area (Å²) in [5.74, 6) is 1.03. The maximum absolute atomic E-state index is 13.1. The van der Waals surface area contributed by atoms with Crippen molar-refractivity contribution in [3.63, 3.8) is 0 Å². The summed E-state index contributed by atoms with van der Waals surface area (Å²) >= 11 is 0. The Hall–Kier alpha value is -1.10. The summed E-state index contributed by atoms with van der Waals surface area (Å²) in [6.07, 6.45) is 6.09. The van der Waals surface area contributed by atoms with Crippen LogP contribution in [0.3, 0.4) is 0 Å². The molecule has 5 aliphatic rings. The van der Waals surface area contributed by atoms with Crippen molar-refractivity contribution in [1.82, 2.24) is 4.90 Å². The van der Waals surface area contributed by atoms with E-state index in [0.29, 0.717) is 17.8 Å². The second-order valence-corrected chi connectivity index (χ2v) is 7.90. The SMILES string of the molecule is O=C(O)[C@H]1C[C@@H](O)CN1C(=O)C12CC3CC(CC(C3)C1)C2. The van der Waals surface area contributed by atoms with Gasteiger partial charge in [0.1, 0.15) is 6.04 Å². The zero-order valence-corrected chi connectivity index (χ0v) is 12.2. The lowest BCUT2D eigenvalue weighted by Crippen LogP contribution is -2.56. The van der Waals surface area contributed by atoms with Gasteiger partial charge in [0.2, 0.25) is 5.91 Å². The first-order chi connectivity index (χ1) is 9.97. The summed E-state index contributed by atoms with van der Waals surface area (Å²) in [5, 5.41) is 19.1. The van der Waals surface area contributed by atoms with Crippen molar-refractivity contribution in [3.8, 4) is 0 Å². The van der Waals surface area contributed by atoms with Gasteiger partial charge < -0.3 is 15.1 Å². The van der Waals surface area contributed by atoms with E-state index in [-0.39, 0.29) is 24.3 Å². The fraction of sp³-hybridized carbons (Fsp3) is 0.875. The number of rotatable bonds is 2. The van der Waals surface area contributed by atoms with E-state index < -0.39 is 18.1 Å². The van der Waals surface area contributed by atoms with E-state index in [1.54, 1.807) is 0 Å². The van der Waals surface area contributed by atoms with Crippen molar-refractivity contribution >= 4 is 11.9 Å². The standard InChI is InChI=1S/C16H23NO4/c18-12-4-13(14(19)20)17(8-12)15(21)16-5-9-1-10(6-16)3-11(2-9)7-16/h9-13,18H,1-8H2,(H,19,20)/t9?,10?,11?,12-,13-,16?/m1/s1. The average molecular weight is 293 g/mol.